The maximum absolute atomic E-state index is 12.0. The molecule has 1 aromatic carbocycles. The number of nitrogens with zero attached hydrogens (tertiary/aromatic N) is 2. The van der Waals surface area contributed by atoms with Gasteiger partial charge in [0.2, 0.25) is 0 Å². The Hall–Kier alpha value is -2.10. The fourth-order valence-corrected chi connectivity index (χ4v) is 1.61. The molecule has 0 bridgehead atoms. The molecule has 4 nitrogen and oxygen atoms in total. The summed E-state index contributed by atoms with van der Waals surface area (Å²) in [6.07, 6.45) is 3.12. The first-order valence-electron chi connectivity index (χ1n) is 5.02. The SMILES string of the molecule is Cc1ccccc1N(C)C(=O)c1cn[nH]c1. The third-order valence-electron chi connectivity index (χ3n) is 2.53. The summed E-state index contributed by atoms with van der Waals surface area (Å²) in [4.78, 5) is 13.6. The van der Waals surface area contributed by atoms with Crippen LogP contribution >= 0.6 is 0 Å². The predicted molar refractivity (Wildman–Crippen MR) is 62.5 cm³/mol. The smallest absolute Gasteiger partial charge is 0.261 e. The van der Waals surface area contributed by atoms with Gasteiger partial charge in [-0.25, -0.2) is 0 Å². The van der Waals surface area contributed by atoms with E-state index >= 15 is 0 Å². The fourth-order valence-electron chi connectivity index (χ4n) is 1.61. The quantitative estimate of drug-likeness (QED) is 0.832. The van der Waals surface area contributed by atoms with Gasteiger partial charge in [0.1, 0.15) is 0 Å². The van der Waals surface area contributed by atoms with Crippen LogP contribution in [0.15, 0.2) is 36.7 Å². The number of aromatic amines is 1. The molecule has 0 aliphatic heterocycles. The van der Waals surface area contributed by atoms with Gasteiger partial charge in [-0.3, -0.25) is 9.89 Å². The van der Waals surface area contributed by atoms with Crippen LogP contribution in [0.3, 0.4) is 0 Å². The van der Waals surface area contributed by atoms with Crippen LogP contribution in [-0.2, 0) is 0 Å². The van der Waals surface area contributed by atoms with Crippen molar-refractivity contribution in [2.24, 2.45) is 0 Å². The number of aryl methyl sites for hydroxylation is 1. The maximum Gasteiger partial charge on any atom is 0.261 e. The number of anilines is 1. The number of carbonyl (C=O) groups excluding carboxylic acids is 1. The van der Waals surface area contributed by atoms with Gasteiger partial charge >= 0.3 is 0 Å². The Morgan fingerprint density at radius 3 is 2.75 bits per heavy atom. The molecule has 2 rings (SSSR count). The monoisotopic (exact) mass is 215 g/mol. The summed E-state index contributed by atoms with van der Waals surface area (Å²) < 4.78 is 0. The summed E-state index contributed by atoms with van der Waals surface area (Å²) in [5.74, 6) is -0.0666. The van der Waals surface area contributed by atoms with E-state index in [1.165, 1.54) is 6.20 Å². The Bertz CT molecular complexity index is 491. The predicted octanol–water partition coefficient (Wildman–Crippen LogP) is 1.99. The molecule has 0 aliphatic rings. The number of rotatable bonds is 2. The van der Waals surface area contributed by atoms with Crippen LogP contribution in [0.25, 0.3) is 0 Å². The second-order valence-corrected chi connectivity index (χ2v) is 3.64. The molecule has 1 N–H and O–H groups in total. The molecule has 0 saturated heterocycles. The summed E-state index contributed by atoms with van der Waals surface area (Å²) in [5, 5.41) is 6.40. The van der Waals surface area contributed by atoms with Crippen molar-refractivity contribution in [3.8, 4) is 0 Å². The van der Waals surface area contributed by atoms with Crippen molar-refractivity contribution in [1.82, 2.24) is 10.2 Å². The molecular weight excluding hydrogens is 202 g/mol. The van der Waals surface area contributed by atoms with E-state index in [0.717, 1.165) is 11.3 Å². The van der Waals surface area contributed by atoms with E-state index < -0.39 is 0 Å². The van der Waals surface area contributed by atoms with Crippen molar-refractivity contribution >= 4 is 11.6 Å². The normalized spacial score (nSPS) is 10.1. The Balaban J connectivity index is 2.30. The van der Waals surface area contributed by atoms with Gasteiger partial charge < -0.3 is 4.90 Å². The maximum atomic E-state index is 12.0. The zero-order chi connectivity index (χ0) is 11.5. The highest BCUT2D eigenvalue weighted by atomic mass is 16.2. The molecule has 16 heavy (non-hydrogen) atoms. The Labute approximate surface area is 93.9 Å². The molecule has 1 aromatic heterocycles. The van der Waals surface area contributed by atoms with Crippen LogP contribution < -0.4 is 4.90 Å². The molecular formula is C12H13N3O. The Morgan fingerprint density at radius 2 is 2.12 bits per heavy atom. The van der Waals surface area contributed by atoms with E-state index in [9.17, 15) is 4.79 Å². The van der Waals surface area contributed by atoms with Crippen molar-refractivity contribution in [3.05, 3.63) is 47.8 Å². The number of aromatic nitrogens is 2. The van der Waals surface area contributed by atoms with Gasteiger partial charge in [0.25, 0.3) is 5.91 Å². The largest absolute Gasteiger partial charge is 0.311 e. The minimum atomic E-state index is -0.0666. The van der Waals surface area contributed by atoms with Crippen molar-refractivity contribution < 1.29 is 4.79 Å². The summed E-state index contributed by atoms with van der Waals surface area (Å²) in [6, 6.07) is 7.78. The number of benzene rings is 1. The molecule has 1 amide bonds. The number of carbonyl (C=O) groups is 1. The van der Waals surface area contributed by atoms with E-state index in [2.05, 4.69) is 10.2 Å². The lowest BCUT2D eigenvalue weighted by Crippen LogP contribution is -2.26. The van der Waals surface area contributed by atoms with Gasteiger partial charge in [0.15, 0.2) is 0 Å². The second kappa shape index (κ2) is 4.18. The first-order valence-corrected chi connectivity index (χ1v) is 5.02. The summed E-state index contributed by atoms with van der Waals surface area (Å²) in [5.41, 5.74) is 2.54. The average Bonchev–Trinajstić information content (AvgIpc) is 2.81. The number of amides is 1. The molecule has 2 aromatic rings. The summed E-state index contributed by atoms with van der Waals surface area (Å²) in [6.45, 7) is 1.98. The molecule has 0 unspecified atom stereocenters. The first-order chi connectivity index (χ1) is 7.70. The van der Waals surface area contributed by atoms with E-state index in [4.69, 9.17) is 0 Å². The first kappa shape index (κ1) is 10.4. The van der Waals surface area contributed by atoms with Gasteiger partial charge in [-0.15, -0.1) is 0 Å². The minimum Gasteiger partial charge on any atom is -0.311 e. The van der Waals surface area contributed by atoms with E-state index in [0.29, 0.717) is 5.56 Å². The minimum absolute atomic E-state index is 0.0666. The zero-order valence-electron chi connectivity index (χ0n) is 9.27. The van der Waals surface area contributed by atoms with Crippen molar-refractivity contribution in [2.75, 3.05) is 11.9 Å². The summed E-state index contributed by atoms with van der Waals surface area (Å²) in [7, 11) is 1.76. The highest BCUT2D eigenvalue weighted by Crippen LogP contribution is 2.19. The fraction of sp³-hybridized carbons (Fsp3) is 0.167. The van der Waals surface area contributed by atoms with Crippen LogP contribution in [0.2, 0.25) is 0 Å². The second-order valence-electron chi connectivity index (χ2n) is 3.64. The van der Waals surface area contributed by atoms with Gasteiger partial charge in [0.05, 0.1) is 11.8 Å². The topological polar surface area (TPSA) is 49.0 Å². The van der Waals surface area contributed by atoms with E-state index in [1.807, 2.05) is 31.2 Å². The van der Waals surface area contributed by atoms with Crippen molar-refractivity contribution in [1.29, 1.82) is 0 Å². The molecule has 4 heteroatoms. The number of hydrogen-bond donors (Lipinski definition) is 1. The number of nitrogens with one attached hydrogen (secondary N) is 1. The number of para-hydroxylation sites is 1. The van der Waals surface area contributed by atoms with Crippen molar-refractivity contribution in [2.45, 2.75) is 6.92 Å². The highest BCUT2D eigenvalue weighted by molar-refractivity contribution is 6.05. The van der Waals surface area contributed by atoms with E-state index in [-0.39, 0.29) is 5.91 Å². The lowest BCUT2D eigenvalue weighted by molar-refractivity contribution is 0.0993. The number of hydrogen-bond acceptors (Lipinski definition) is 2. The standard InChI is InChI=1S/C12H13N3O/c1-9-5-3-4-6-11(9)15(2)12(16)10-7-13-14-8-10/h3-8H,1-2H3,(H,13,14). The molecule has 1 heterocycles. The van der Waals surface area contributed by atoms with Gasteiger partial charge in [0, 0.05) is 18.9 Å². The molecule has 0 fully saturated rings. The molecule has 0 spiro atoms. The third kappa shape index (κ3) is 1.82. The lowest BCUT2D eigenvalue weighted by atomic mass is 10.2. The van der Waals surface area contributed by atoms with Crippen LogP contribution in [0.1, 0.15) is 15.9 Å². The van der Waals surface area contributed by atoms with Crippen molar-refractivity contribution in [3.63, 3.8) is 0 Å². The van der Waals surface area contributed by atoms with Gasteiger partial charge in [-0.1, -0.05) is 18.2 Å². The molecule has 0 saturated carbocycles. The molecule has 82 valence electrons. The van der Waals surface area contributed by atoms with Crippen LogP contribution in [0.5, 0.6) is 0 Å². The van der Waals surface area contributed by atoms with Gasteiger partial charge in [-0.05, 0) is 18.6 Å². The van der Waals surface area contributed by atoms with E-state index in [1.54, 1.807) is 18.1 Å². The molecule has 0 radical (unpaired) electrons. The highest BCUT2D eigenvalue weighted by Gasteiger charge is 2.15. The summed E-state index contributed by atoms with van der Waals surface area (Å²) >= 11 is 0. The average molecular weight is 215 g/mol. The Morgan fingerprint density at radius 1 is 1.38 bits per heavy atom. The molecule has 0 atom stereocenters. The number of H-pyrrole nitrogens is 1. The zero-order valence-corrected chi connectivity index (χ0v) is 9.27. The van der Waals surface area contributed by atoms with Crippen LogP contribution in [0, 0.1) is 6.92 Å². The van der Waals surface area contributed by atoms with Gasteiger partial charge in [-0.2, -0.15) is 5.10 Å². The van der Waals surface area contributed by atoms with Crippen LogP contribution in [0.4, 0.5) is 5.69 Å². The molecule has 0 aliphatic carbocycles. The third-order valence-corrected chi connectivity index (χ3v) is 2.53. The lowest BCUT2D eigenvalue weighted by Gasteiger charge is -2.18. The van der Waals surface area contributed by atoms with Crippen LogP contribution in [-0.4, -0.2) is 23.2 Å². The Kier molecular flexibility index (Phi) is 2.72.